The fourth-order valence-corrected chi connectivity index (χ4v) is 2.40. The van der Waals surface area contributed by atoms with Gasteiger partial charge in [0.05, 0.1) is 24.9 Å². The first kappa shape index (κ1) is 17.5. The van der Waals surface area contributed by atoms with Gasteiger partial charge in [0.1, 0.15) is 0 Å². The summed E-state index contributed by atoms with van der Waals surface area (Å²) < 4.78 is 0. The lowest BCUT2D eigenvalue weighted by Gasteiger charge is -2.22. The van der Waals surface area contributed by atoms with E-state index in [9.17, 15) is 5.26 Å². The minimum Gasteiger partial charge on any atom is -0.399 e. The zero-order valence-corrected chi connectivity index (χ0v) is 13.4. The normalized spacial score (nSPS) is 11.1. The molecule has 0 saturated heterocycles. The van der Waals surface area contributed by atoms with E-state index >= 15 is 0 Å². The van der Waals surface area contributed by atoms with Crippen LogP contribution in [0.25, 0.3) is 11.6 Å². The monoisotopic (exact) mass is 323 g/mol. The lowest BCUT2D eigenvalue weighted by Crippen LogP contribution is -2.29. The molecule has 0 heterocycles. The molecule has 0 unspecified atom stereocenters. The van der Waals surface area contributed by atoms with Gasteiger partial charge in [-0.3, -0.25) is 0 Å². The minimum atomic E-state index is 0.0252. The van der Waals surface area contributed by atoms with E-state index < -0.39 is 0 Å². The number of nitrogens with zero attached hydrogens (tertiary/aromatic N) is 2. The van der Waals surface area contributed by atoms with Crippen molar-refractivity contribution in [3.63, 3.8) is 0 Å². The summed E-state index contributed by atoms with van der Waals surface area (Å²) in [5, 5.41) is 27.6. The summed E-state index contributed by atoms with van der Waals surface area (Å²) in [5.74, 6) is 0. The van der Waals surface area contributed by atoms with Crippen LogP contribution in [0.1, 0.15) is 11.1 Å². The van der Waals surface area contributed by atoms with Crippen molar-refractivity contribution >= 4 is 23.0 Å². The summed E-state index contributed by atoms with van der Waals surface area (Å²) in [4.78, 5) is 1.90. The predicted molar refractivity (Wildman–Crippen MR) is 97.2 cm³/mol. The second-order valence-electron chi connectivity index (χ2n) is 5.32. The highest BCUT2D eigenvalue weighted by molar-refractivity contribution is 5.90. The van der Waals surface area contributed by atoms with Crippen molar-refractivity contribution in [2.75, 3.05) is 36.9 Å². The molecule has 0 atom stereocenters. The van der Waals surface area contributed by atoms with Crippen molar-refractivity contribution in [1.29, 1.82) is 5.26 Å². The van der Waals surface area contributed by atoms with Crippen molar-refractivity contribution < 1.29 is 10.2 Å². The van der Waals surface area contributed by atoms with Gasteiger partial charge in [-0.1, -0.05) is 24.3 Å². The van der Waals surface area contributed by atoms with Gasteiger partial charge in [-0.2, -0.15) is 5.26 Å². The number of hydrogen-bond acceptors (Lipinski definition) is 5. The highest BCUT2D eigenvalue weighted by Gasteiger charge is 2.05. The molecule has 124 valence electrons. The summed E-state index contributed by atoms with van der Waals surface area (Å²) in [6.45, 7) is 0.976. The molecule has 0 amide bonds. The van der Waals surface area contributed by atoms with Crippen LogP contribution in [0.4, 0.5) is 11.4 Å². The fourth-order valence-electron chi connectivity index (χ4n) is 2.40. The van der Waals surface area contributed by atoms with Gasteiger partial charge < -0.3 is 20.8 Å². The van der Waals surface area contributed by atoms with Gasteiger partial charge in [0, 0.05) is 24.5 Å². The zero-order valence-electron chi connectivity index (χ0n) is 13.4. The van der Waals surface area contributed by atoms with Crippen LogP contribution in [0.2, 0.25) is 0 Å². The lowest BCUT2D eigenvalue weighted by molar-refractivity contribution is 0.281. The molecule has 4 N–H and O–H groups in total. The standard InChI is InChI=1S/C19H21N3O2/c20-14-17(16-3-5-18(21)6-4-16)13-15-1-7-19(8-2-15)22(9-11-23)10-12-24/h1-8,13,23-24H,9-12,21H2/b17-13-. The van der Waals surface area contributed by atoms with Crippen LogP contribution < -0.4 is 10.6 Å². The fraction of sp³-hybridized carbons (Fsp3) is 0.211. The summed E-state index contributed by atoms with van der Waals surface area (Å²) >= 11 is 0. The topological polar surface area (TPSA) is 93.5 Å². The molecule has 5 heteroatoms. The quantitative estimate of drug-likeness (QED) is 0.412. The van der Waals surface area contributed by atoms with E-state index in [4.69, 9.17) is 15.9 Å². The van der Waals surface area contributed by atoms with Crippen molar-refractivity contribution in [3.8, 4) is 6.07 Å². The largest absolute Gasteiger partial charge is 0.399 e. The average Bonchev–Trinajstić information content (AvgIpc) is 2.61. The molecular formula is C19H21N3O2. The maximum absolute atomic E-state index is 9.38. The van der Waals surface area contributed by atoms with Gasteiger partial charge in [-0.05, 0) is 41.5 Å². The SMILES string of the molecule is N#C/C(=C/c1ccc(N(CCO)CCO)cc1)c1ccc(N)cc1. The Morgan fingerprint density at radius 1 is 1.00 bits per heavy atom. The molecule has 0 aliphatic rings. The van der Waals surface area contributed by atoms with Crippen LogP contribution in [-0.2, 0) is 0 Å². The van der Waals surface area contributed by atoms with Gasteiger partial charge in [-0.25, -0.2) is 0 Å². The molecule has 0 aliphatic heterocycles. The van der Waals surface area contributed by atoms with Crippen LogP contribution >= 0.6 is 0 Å². The number of anilines is 2. The molecule has 2 aromatic rings. The maximum Gasteiger partial charge on any atom is 0.0998 e. The summed E-state index contributed by atoms with van der Waals surface area (Å²) in [7, 11) is 0. The van der Waals surface area contributed by atoms with E-state index in [1.54, 1.807) is 12.1 Å². The van der Waals surface area contributed by atoms with Gasteiger partial charge in [0.25, 0.3) is 0 Å². The summed E-state index contributed by atoms with van der Waals surface area (Å²) in [6, 6.07) is 17.0. The lowest BCUT2D eigenvalue weighted by atomic mass is 10.0. The Kier molecular flexibility index (Phi) is 6.38. The smallest absolute Gasteiger partial charge is 0.0998 e. The third-order valence-electron chi connectivity index (χ3n) is 3.65. The molecule has 2 aromatic carbocycles. The Labute approximate surface area is 141 Å². The van der Waals surface area contributed by atoms with Crippen molar-refractivity contribution in [2.45, 2.75) is 0 Å². The summed E-state index contributed by atoms with van der Waals surface area (Å²) in [5.41, 5.74) is 9.53. The number of aliphatic hydroxyl groups excluding tert-OH is 2. The second kappa shape index (κ2) is 8.73. The van der Waals surface area contributed by atoms with E-state index in [0.717, 1.165) is 16.8 Å². The highest BCUT2D eigenvalue weighted by atomic mass is 16.3. The van der Waals surface area contributed by atoms with Crippen LogP contribution in [0.5, 0.6) is 0 Å². The first-order chi connectivity index (χ1) is 11.7. The molecular weight excluding hydrogens is 302 g/mol. The number of aliphatic hydroxyl groups is 2. The number of rotatable bonds is 7. The van der Waals surface area contributed by atoms with Gasteiger partial charge in [-0.15, -0.1) is 0 Å². The maximum atomic E-state index is 9.38. The first-order valence-electron chi connectivity index (χ1n) is 7.72. The number of nitriles is 1. The van der Waals surface area contributed by atoms with E-state index in [0.29, 0.717) is 24.4 Å². The predicted octanol–water partition coefficient (Wildman–Crippen LogP) is 2.12. The summed E-state index contributed by atoms with van der Waals surface area (Å²) in [6.07, 6.45) is 1.82. The van der Waals surface area contributed by atoms with Crippen molar-refractivity contribution in [1.82, 2.24) is 0 Å². The third kappa shape index (κ3) is 4.59. The Morgan fingerprint density at radius 2 is 1.58 bits per heavy atom. The number of nitrogens with two attached hydrogens (primary N) is 1. The number of benzene rings is 2. The minimum absolute atomic E-state index is 0.0252. The molecule has 5 nitrogen and oxygen atoms in total. The van der Waals surface area contributed by atoms with Crippen LogP contribution in [0, 0.1) is 11.3 Å². The molecule has 0 aromatic heterocycles. The van der Waals surface area contributed by atoms with E-state index in [1.807, 2.05) is 47.4 Å². The molecule has 0 saturated carbocycles. The van der Waals surface area contributed by atoms with Crippen LogP contribution in [-0.4, -0.2) is 36.5 Å². The molecule has 0 aliphatic carbocycles. The molecule has 2 rings (SSSR count). The molecule has 24 heavy (non-hydrogen) atoms. The van der Waals surface area contributed by atoms with Crippen LogP contribution in [0.15, 0.2) is 48.5 Å². The number of allylic oxidation sites excluding steroid dienone is 1. The van der Waals surface area contributed by atoms with Gasteiger partial charge in [0.15, 0.2) is 0 Å². The van der Waals surface area contributed by atoms with Gasteiger partial charge in [0.2, 0.25) is 0 Å². The molecule has 0 fully saturated rings. The second-order valence-corrected chi connectivity index (χ2v) is 5.32. The van der Waals surface area contributed by atoms with Crippen LogP contribution in [0.3, 0.4) is 0 Å². The third-order valence-corrected chi connectivity index (χ3v) is 3.65. The Morgan fingerprint density at radius 3 is 2.08 bits per heavy atom. The van der Waals surface area contributed by atoms with E-state index in [1.165, 1.54) is 0 Å². The van der Waals surface area contributed by atoms with Crippen molar-refractivity contribution in [2.24, 2.45) is 0 Å². The number of nitrogen functional groups attached to an aromatic ring is 1. The van der Waals surface area contributed by atoms with Gasteiger partial charge >= 0.3 is 0 Å². The molecule has 0 bridgehead atoms. The Bertz CT molecular complexity index is 710. The first-order valence-corrected chi connectivity index (χ1v) is 7.72. The van der Waals surface area contributed by atoms with Crippen molar-refractivity contribution in [3.05, 3.63) is 59.7 Å². The van der Waals surface area contributed by atoms with E-state index in [2.05, 4.69) is 6.07 Å². The number of hydrogen-bond donors (Lipinski definition) is 3. The van der Waals surface area contributed by atoms with E-state index in [-0.39, 0.29) is 13.2 Å². The Balaban J connectivity index is 2.22. The Hall–Kier alpha value is -2.81. The zero-order chi connectivity index (χ0) is 17.4. The average molecular weight is 323 g/mol. The molecule has 0 spiro atoms. The molecule has 0 radical (unpaired) electrons. The highest BCUT2D eigenvalue weighted by Crippen LogP contribution is 2.21.